The number of halogens is 2. The van der Waals surface area contributed by atoms with Crippen molar-refractivity contribution >= 4 is 64.3 Å². The topological polar surface area (TPSA) is 189 Å². The van der Waals surface area contributed by atoms with Crippen molar-refractivity contribution in [3.63, 3.8) is 0 Å². The van der Waals surface area contributed by atoms with Crippen molar-refractivity contribution in [2.24, 2.45) is 5.11 Å². The van der Waals surface area contributed by atoms with Crippen LogP contribution in [0.2, 0.25) is 0 Å². The zero-order valence-electron chi connectivity index (χ0n) is 18.6. The summed E-state index contributed by atoms with van der Waals surface area (Å²) in [6.07, 6.45) is 2.12. The lowest BCUT2D eigenvalue weighted by atomic mass is 10.1. The molecule has 2 aliphatic heterocycles. The number of hydrogen-bond acceptors (Lipinski definition) is 7. The van der Waals surface area contributed by atoms with Gasteiger partial charge in [-0.2, -0.15) is 0 Å². The minimum atomic E-state index is -0.623. The van der Waals surface area contributed by atoms with Crippen LogP contribution >= 0.6 is 35.0 Å². The monoisotopic (exact) mass is 620 g/mol. The number of likely N-dealkylation sites (tertiary alicyclic amines) is 1. The zero-order valence-corrected chi connectivity index (χ0v) is 21.6. The van der Waals surface area contributed by atoms with Gasteiger partial charge in [0.1, 0.15) is 11.8 Å². The maximum Gasteiger partial charge on any atom is 0.255 e. The molecule has 2 atom stereocenters. The maximum absolute atomic E-state index is 12.5. The standard InChI is InChI=1S/C20H25IN8O5.ClH/c21-12-8-11(16(30)9-15(12)27-28-22)18(32)25-6-5-24-17(31)10-29-7-3-14(20(29)34)26-19(33)13-2-1-4-23-13;/h8-9,13-14,23,30H,1-7,10H2,(H,24,31)(H,25,32)(H,26,33);1H/t13-,14+;/m0./s1. The van der Waals surface area contributed by atoms with Crippen LogP contribution in [0.25, 0.3) is 10.4 Å². The number of rotatable bonds is 9. The largest absolute Gasteiger partial charge is 0.507 e. The molecule has 0 unspecified atom stereocenters. The molecule has 2 fully saturated rings. The van der Waals surface area contributed by atoms with Crippen LogP contribution in [0.15, 0.2) is 17.2 Å². The number of carbonyl (C=O) groups is 4. The predicted octanol–water partition coefficient (Wildman–Crippen LogP) is 0.675. The first-order valence-electron chi connectivity index (χ1n) is 10.7. The number of amides is 4. The molecule has 0 bridgehead atoms. The molecule has 190 valence electrons. The van der Waals surface area contributed by atoms with E-state index in [0.717, 1.165) is 19.4 Å². The molecule has 3 rings (SSSR count). The molecule has 0 aliphatic carbocycles. The van der Waals surface area contributed by atoms with Crippen LogP contribution in [0.4, 0.5) is 5.69 Å². The second-order valence-electron chi connectivity index (χ2n) is 7.87. The van der Waals surface area contributed by atoms with Gasteiger partial charge < -0.3 is 31.3 Å². The lowest BCUT2D eigenvalue weighted by Crippen LogP contribution is -2.49. The van der Waals surface area contributed by atoms with E-state index in [2.05, 4.69) is 31.3 Å². The van der Waals surface area contributed by atoms with E-state index in [1.807, 2.05) is 22.6 Å². The van der Waals surface area contributed by atoms with Crippen molar-refractivity contribution in [3.8, 4) is 5.75 Å². The Bertz CT molecular complexity index is 1030. The van der Waals surface area contributed by atoms with Crippen LogP contribution in [0.3, 0.4) is 0 Å². The van der Waals surface area contributed by atoms with Gasteiger partial charge in [0.15, 0.2) is 0 Å². The summed E-state index contributed by atoms with van der Waals surface area (Å²) in [5.41, 5.74) is 8.73. The van der Waals surface area contributed by atoms with Gasteiger partial charge in [0.25, 0.3) is 5.91 Å². The molecule has 2 saturated heterocycles. The fraction of sp³-hybridized carbons (Fsp3) is 0.500. The lowest BCUT2D eigenvalue weighted by molar-refractivity contribution is -0.135. The number of phenolic OH excluding ortho intramolecular Hbond substituents is 1. The lowest BCUT2D eigenvalue weighted by Gasteiger charge is -2.18. The van der Waals surface area contributed by atoms with E-state index >= 15 is 0 Å². The molecule has 15 heteroatoms. The molecule has 2 aliphatic rings. The zero-order chi connectivity index (χ0) is 24.7. The molecule has 4 amide bonds. The summed E-state index contributed by atoms with van der Waals surface area (Å²) in [5.74, 6) is -1.75. The van der Waals surface area contributed by atoms with Gasteiger partial charge in [-0.05, 0) is 66.1 Å². The maximum atomic E-state index is 12.5. The van der Waals surface area contributed by atoms with Crippen molar-refractivity contribution in [3.05, 3.63) is 31.7 Å². The molecule has 0 aromatic heterocycles. The summed E-state index contributed by atoms with van der Waals surface area (Å²) in [4.78, 5) is 53.2. The first kappa shape index (κ1) is 28.4. The third-order valence-electron chi connectivity index (χ3n) is 5.52. The number of aromatic hydroxyl groups is 1. The molecule has 13 nitrogen and oxygen atoms in total. The summed E-state index contributed by atoms with van der Waals surface area (Å²) in [6.45, 7) is 1.23. The normalized spacial score (nSPS) is 18.9. The molecule has 5 N–H and O–H groups in total. The molecule has 1 aromatic carbocycles. The van der Waals surface area contributed by atoms with Crippen LogP contribution in [0, 0.1) is 3.57 Å². The van der Waals surface area contributed by atoms with Gasteiger partial charge >= 0.3 is 0 Å². The highest BCUT2D eigenvalue weighted by Gasteiger charge is 2.35. The highest BCUT2D eigenvalue weighted by Crippen LogP contribution is 2.29. The van der Waals surface area contributed by atoms with Crippen LogP contribution < -0.4 is 21.3 Å². The smallest absolute Gasteiger partial charge is 0.255 e. The number of phenols is 1. The Morgan fingerprint density at radius 3 is 2.69 bits per heavy atom. The van der Waals surface area contributed by atoms with E-state index in [1.165, 1.54) is 17.0 Å². The summed E-state index contributed by atoms with van der Waals surface area (Å²) in [6, 6.07) is 1.70. The highest BCUT2D eigenvalue weighted by atomic mass is 127. The molecule has 0 spiro atoms. The number of nitrogens with zero attached hydrogens (tertiary/aromatic N) is 4. The van der Waals surface area contributed by atoms with E-state index in [4.69, 9.17) is 5.53 Å². The first-order chi connectivity index (χ1) is 16.3. The Hall–Kier alpha value is -2.81. The second-order valence-corrected chi connectivity index (χ2v) is 9.04. The Balaban J connectivity index is 0.00000432. The molecular weight excluding hydrogens is 595 g/mol. The van der Waals surface area contributed by atoms with Gasteiger partial charge in [0.05, 0.1) is 23.8 Å². The summed E-state index contributed by atoms with van der Waals surface area (Å²) < 4.78 is 0.496. The van der Waals surface area contributed by atoms with Crippen LogP contribution in [0.1, 0.15) is 29.6 Å². The van der Waals surface area contributed by atoms with E-state index in [0.29, 0.717) is 16.5 Å². The van der Waals surface area contributed by atoms with Crippen LogP contribution in [-0.4, -0.2) is 78.4 Å². The van der Waals surface area contributed by atoms with Gasteiger partial charge in [0.2, 0.25) is 17.7 Å². The quantitative estimate of drug-likeness (QED) is 0.0887. The molecule has 1 aromatic rings. The van der Waals surface area contributed by atoms with Crippen LogP contribution in [-0.2, 0) is 14.4 Å². The minimum absolute atomic E-state index is 0. The third kappa shape index (κ3) is 7.59. The van der Waals surface area contributed by atoms with Gasteiger partial charge in [-0.3, -0.25) is 19.2 Å². The number of benzene rings is 1. The Morgan fingerprint density at radius 1 is 1.26 bits per heavy atom. The minimum Gasteiger partial charge on any atom is -0.507 e. The molecular formula is C20H26ClIN8O5. The average molecular weight is 621 g/mol. The summed E-state index contributed by atoms with van der Waals surface area (Å²) >= 11 is 1.88. The number of azide groups is 1. The molecule has 0 radical (unpaired) electrons. The van der Waals surface area contributed by atoms with Gasteiger partial charge in [0, 0.05) is 28.1 Å². The van der Waals surface area contributed by atoms with Crippen molar-refractivity contribution in [2.75, 3.05) is 32.7 Å². The van der Waals surface area contributed by atoms with E-state index in [9.17, 15) is 24.3 Å². The Labute approximate surface area is 220 Å². The Morgan fingerprint density at radius 2 is 2.00 bits per heavy atom. The van der Waals surface area contributed by atoms with Crippen molar-refractivity contribution < 1.29 is 24.3 Å². The first-order valence-corrected chi connectivity index (χ1v) is 11.8. The fourth-order valence-electron chi connectivity index (χ4n) is 3.77. The highest BCUT2D eigenvalue weighted by molar-refractivity contribution is 14.1. The molecule has 2 heterocycles. The number of nitrogens with one attached hydrogen (secondary N) is 4. The third-order valence-corrected chi connectivity index (χ3v) is 6.38. The molecule has 0 saturated carbocycles. The van der Waals surface area contributed by atoms with Gasteiger partial charge in [-0.25, -0.2) is 0 Å². The molecule has 35 heavy (non-hydrogen) atoms. The van der Waals surface area contributed by atoms with E-state index < -0.39 is 11.9 Å². The average Bonchev–Trinajstić information content (AvgIpc) is 3.45. The summed E-state index contributed by atoms with van der Waals surface area (Å²) in [5, 5.41) is 24.5. The van der Waals surface area contributed by atoms with Crippen molar-refractivity contribution in [1.29, 1.82) is 0 Å². The fourth-order valence-corrected chi connectivity index (χ4v) is 4.35. The van der Waals surface area contributed by atoms with Gasteiger partial charge in [-0.15, -0.1) is 12.4 Å². The van der Waals surface area contributed by atoms with Gasteiger partial charge in [-0.1, -0.05) is 5.11 Å². The second kappa shape index (κ2) is 13.3. The predicted molar refractivity (Wildman–Crippen MR) is 136 cm³/mol. The summed E-state index contributed by atoms with van der Waals surface area (Å²) in [7, 11) is 0. The van der Waals surface area contributed by atoms with Crippen LogP contribution in [0.5, 0.6) is 5.75 Å². The van der Waals surface area contributed by atoms with Crippen molar-refractivity contribution in [1.82, 2.24) is 26.2 Å². The number of carbonyl (C=O) groups excluding carboxylic acids is 4. The van der Waals surface area contributed by atoms with E-state index in [-0.39, 0.29) is 72.8 Å². The number of hydrogen-bond donors (Lipinski definition) is 5. The Kier molecular flexibility index (Phi) is 10.8. The SMILES string of the molecule is Cl.[N-]=[N+]=Nc1cc(O)c(C(=O)NCCNC(=O)CN2CC[C@@H](NC(=O)[C@@H]3CCCN3)C2=O)cc1I. The van der Waals surface area contributed by atoms with Crippen molar-refractivity contribution in [2.45, 2.75) is 31.3 Å². The van der Waals surface area contributed by atoms with E-state index in [1.54, 1.807) is 0 Å².